The lowest BCUT2D eigenvalue weighted by molar-refractivity contribution is -0.908. The molecule has 0 unspecified atom stereocenters. The quantitative estimate of drug-likeness (QED) is 0.430. The van der Waals surface area contributed by atoms with Crippen LogP contribution in [0.2, 0.25) is 0 Å². The Morgan fingerprint density at radius 2 is 1.38 bits per heavy atom. The standard InChI is InChI=1S/C26H30NO.HI/c1-27(2,3)25(21-13-6-4-7-14-21)24-19-18-20-12-10-11-17-23(20)26(24,28)22-15-8-5-9-16-22;/h4-17,24-25,28H,18-19H2,1-3H3;1H/q+1;/p-1/t24-,25-,26-;/m0./s1. The number of halogens is 1. The van der Waals surface area contributed by atoms with Gasteiger partial charge in [0.05, 0.1) is 27.1 Å². The van der Waals surface area contributed by atoms with Crippen LogP contribution in [0.3, 0.4) is 0 Å². The van der Waals surface area contributed by atoms with Gasteiger partial charge in [-0.25, -0.2) is 0 Å². The van der Waals surface area contributed by atoms with Crippen molar-refractivity contribution >= 4 is 0 Å². The van der Waals surface area contributed by atoms with Crippen molar-refractivity contribution in [1.82, 2.24) is 0 Å². The largest absolute Gasteiger partial charge is 1.00 e. The first kappa shape index (κ1) is 22.0. The fraction of sp³-hybridized carbons (Fsp3) is 0.308. The predicted molar refractivity (Wildman–Crippen MR) is 115 cm³/mol. The maximum Gasteiger partial charge on any atom is 0.124 e. The van der Waals surface area contributed by atoms with E-state index in [9.17, 15) is 5.11 Å². The number of hydrogen-bond acceptors (Lipinski definition) is 1. The third-order valence-corrected chi connectivity index (χ3v) is 6.26. The van der Waals surface area contributed by atoms with Gasteiger partial charge in [-0.05, 0) is 29.5 Å². The third-order valence-electron chi connectivity index (χ3n) is 6.26. The molecule has 0 aromatic heterocycles. The van der Waals surface area contributed by atoms with E-state index >= 15 is 0 Å². The Labute approximate surface area is 191 Å². The van der Waals surface area contributed by atoms with Crippen molar-refractivity contribution in [1.29, 1.82) is 0 Å². The van der Waals surface area contributed by atoms with Crippen LogP contribution in [-0.4, -0.2) is 30.7 Å². The molecule has 2 nitrogen and oxygen atoms in total. The molecule has 0 fully saturated rings. The summed E-state index contributed by atoms with van der Waals surface area (Å²) in [6.45, 7) is 0. The normalized spacial score (nSPS) is 22.3. The zero-order valence-corrected chi connectivity index (χ0v) is 19.6. The minimum absolute atomic E-state index is 0. The average Bonchev–Trinajstić information content (AvgIpc) is 2.71. The Bertz CT molecular complexity index is 936. The topological polar surface area (TPSA) is 20.2 Å². The van der Waals surface area contributed by atoms with Gasteiger partial charge in [0, 0.05) is 5.56 Å². The molecule has 1 aliphatic rings. The van der Waals surface area contributed by atoms with Crippen LogP contribution in [0.15, 0.2) is 84.9 Å². The average molecular weight is 499 g/mol. The van der Waals surface area contributed by atoms with Gasteiger partial charge in [-0.2, -0.15) is 0 Å². The first-order valence-electron chi connectivity index (χ1n) is 10.1. The molecule has 152 valence electrons. The molecule has 3 aromatic rings. The number of hydrogen-bond donors (Lipinski definition) is 1. The van der Waals surface area contributed by atoms with Crippen LogP contribution in [-0.2, 0) is 12.0 Å². The second-order valence-corrected chi connectivity index (χ2v) is 8.91. The zero-order chi connectivity index (χ0) is 19.8. The second-order valence-electron chi connectivity index (χ2n) is 8.91. The number of fused-ring (bicyclic) bond motifs is 1. The van der Waals surface area contributed by atoms with Crippen LogP contribution in [0, 0.1) is 5.92 Å². The van der Waals surface area contributed by atoms with E-state index in [1.165, 1.54) is 11.1 Å². The van der Waals surface area contributed by atoms with E-state index in [4.69, 9.17) is 0 Å². The molecule has 0 amide bonds. The molecule has 4 rings (SSSR count). The summed E-state index contributed by atoms with van der Waals surface area (Å²) in [6, 6.07) is 29.5. The van der Waals surface area contributed by atoms with Gasteiger partial charge in [0.2, 0.25) is 0 Å². The number of nitrogens with zero attached hydrogens (tertiary/aromatic N) is 1. The molecule has 3 atom stereocenters. The minimum atomic E-state index is -1.01. The van der Waals surface area contributed by atoms with Gasteiger partial charge in [-0.3, -0.25) is 0 Å². The van der Waals surface area contributed by atoms with Crippen LogP contribution in [0.4, 0.5) is 0 Å². The van der Waals surface area contributed by atoms with Gasteiger partial charge in [-0.1, -0.05) is 84.9 Å². The van der Waals surface area contributed by atoms with Gasteiger partial charge in [0.1, 0.15) is 11.6 Å². The van der Waals surface area contributed by atoms with Gasteiger partial charge < -0.3 is 33.6 Å². The number of aryl methyl sites for hydroxylation is 1. The lowest BCUT2D eigenvalue weighted by Crippen LogP contribution is -3.00. The lowest BCUT2D eigenvalue weighted by Gasteiger charge is -2.49. The van der Waals surface area contributed by atoms with Crippen molar-refractivity contribution in [2.45, 2.75) is 24.5 Å². The summed E-state index contributed by atoms with van der Waals surface area (Å²) in [5.74, 6) is 0.0761. The molecule has 29 heavy (non-hydrogen) atoms. The molecule has 3 heteroatoms. The van der Waals surface area contributed by atoms with Crippen LogP contribution in [0.5, 0.6) is 0 Å². The summed E-state index contributed by atoms with van der Waals surface area (Å²) < 4.78 is 0.770. The molecule has 0 bridgehead atoms. The molecular formula is C26H30INO. The van der Waals surface area contributed by atoms with Crippen molar-refractivity contribution in [2.75, 3.05) is 21.1 Å². The Morgan fingerprint density at radius 1 is 0.828 bits per heavy atom. The molecule has 0 saturated heterocycles. The Hall–Kier alpha value is -1.69. The summed E-state index contributed by atoms with van der Waals surface area (Å²) in [6.07, 6.45) is 1.96. The minimum Gasteiger partial charge on any atom is -1.00 e. The van der Waals surface area contributed by atoms with Gasteiger partial charge in [0.15, 0.2) is 0 Å². The molecular weight excluding hydrogens is 469 g/mol. The number of quaternary nitrogens is 1. The summed E-state index contributed by atoms with van der Waals surface area (Å²) in [5, 5.41) is 12.4. The molecule has 0 spiro atoms. The highest BCUT2D eigenvalue weighted by molar-refractivity contribution is 5.45. The lowest BCUT2D eigenvalue weighted by atomic mass is 9.64. The smallest absolute Gasteiger partial charge is 0.124 e. The first-order chi connectivity index (χ1) is 13.4. The summed E-state index contributed by atoms with van der Waals surface area (Å²) in [5.41, 5.74) is 3.59. The highest BCUT2D eigenvalue weighted by atomic mass is 127. The monoisotopic (exact) mass is 499 g/mol. The fourth-order valence-corrected chi connectivity index (χ4v) is 5.15. The Balaban J connectivity index is 0.00000240. The Morgan fingerprint density at radius 3 is 2.00 bits per heavy atom. The van der Waals surface area contributed by atoms with Crippen molar-refractivity contribution in [3.8, 4) is 0 Å². The van der Waals surface area contributed by atoms with Crippen molar-refractivity contribution in [3.63, 3.8) is 0 Å². The summed E-state index contributed by atoms with van der Waals surface area (Å²) >= 11 is 0. The van der Waals surface area contributed by atoms with E-state index in [1.807, 2.05) is 18.2 Å². The molecule has 1 aliphatic carbocycles. The highest BCUT2D eigenvalue weighted by Gasteiger charge is 2.51. The summed E-state index contributed by atoms with van der Waals surface area (Å²) in [7, 11) is 6.72. The van der Waals surface area contributed by atoms with E-state index in [1.54, 1.807) is 0 Å². The van der Waals surface area contributed by atoms with Crippen LogP contribution >= 0.6 is 0 Å². The van der Waals surface area contributed by atoms with Gasteiger partial charge in [0.25, 0.3) is 0 Å². The zero-order valence-electron chi connectivity index (χ0n) is 17.4. The maximum atomic E-state index is 12.4. The van der Waals surface area contributed by atoms with Crippen molar-refractivity contribution in [2.24, 2.45) is 5.92 Å². The maximum absolute atomic E-state index is 12.4. The van der Waals surface area contributed by atoms with Crippen molar-refractivity contribution in [3.05, 3.63) is 107 Å². The summed E-state index contributed by atoms with van der Waals surface area (Å²) in [4.78, 5) is 0. The predicted octanol–water partition coefficient (Wildman–Crippen LogP) is 1.94. The van der Waals surface area contributed by atoms with Crippen LogP contribution < -0.4 is 24.0 Å². The fourth-order valence-electron chi connectivity index (χ4n) is 5.15. The third kappa shape index (κ3) is 4.00. The first-order valence-corrected chi connectivity index (χ1v) is 10.1. The van der Waals surface area contributed by atoms with E-state index in [2.05, 4.69) is 87.9 Å². The number of rotatable bonds is 4. The van der Waals surface area contributed by atoms with Gasteiger partial charge >= 0.3 is 0 Å². The highest BCUT2D eigenvalue weighted by Crippen LogP contribution is 2.51. The Kier molecular flexibility index (Phi) is 6.51. The van der Waals surface area contributed by atoms with Gasteiger partial charge in [-0.15, -0.1) is 0 Å². The van der Waals surface area contributed by atoms with E-state index in [0.717, 1.165) is 28.5 Å². The van der Waals surface area contributed by atoms with E-state index in [-0.39, 0.29) is 35.9 Å². The molecule has 3 aromatic carbocycles. The number of benzene rings is 3. The second kappa shape index (κ2) is 8.58. The van der Waals surface area contributed by atoms with Crippen LogP contribution in [0.1, 0.15) is 34.7 Å². The van der Waals surface area contributed by atoms with E-state index < -0.39 is 5.60 Å². The van der Waals surface area contributed by atoms with Crippen LogP contribution in [0.25, 0.3) is 0 Å². The molecule has 0 saturated carbocycles. The van der Waals surface area contributed by atoms with Crippen molar-refractivity contribution < 1.29 is 33.6 Å². The molecule has 0 radical (unpaired) electrons. The molecule has 1 N–H and O–H groups in total. The van der Waals surface area contributed by atoms with E-state index in [0.29, 0.717) is 0 Å². The molecule has 0 heterocycles. The number of aliphatic hydroxyl groups is 1. The SMILES string of the molecule is C[N+](C)(C)[C@@H](c1ccccc1)[C@@H]1CCc2ccccc2[C@@]1(O)c1ccccc1.[I-]. The molecule has 0 aliphatic heterocycles.